The molecule has 0 amide bonds. The number of halogens is 1. The van der Waals surface area contributed by atoms with Crippen molar-refractivity contribution in [3.8, 4) is 5.75 Å². The molecule has 0 aromatic heterocycles. The molecular weight excluding hydrogens is 186 g/mol. The first-order chi connectivity index (χ1) is 6.27. The van der Waals surface area contributed by atoms with Crippen LogP contribution in [0.1, 0.15) is 13.8 Å². The van der Waals surface area contributed by atoms with E-state index in [1.54, 1.807) is 7.11 Å². The molecule has 0 atom stereocenters. The van der Waals surface area contributed by atoms with Crippen LogP contribution in [0.15, 0.2) is 18.2 Å². The molecule has 74 valence electrons. The van der Waals surface area contributed by atoms with E-state index in [0.29, 0.717) is 10.8 Å². The summed E-state index contributed by atoms with van der Waals surface area (Å²) in [5, 5.41) is 3.60. The van der Waals surface area contributed by atoms with Crippen LogP contribution >= 0.6 is 11.6 Å². The molecule has 0 heterocycles. The van der Waals surface area contributed by atoms with E-state index in [-0.39, 0.29) is 0 Å². The van der Waals surface area contributed by atoms with Crippen LogP contribution in [0.4, 0.5) is 5.69 Å². The van der Waals surface area contributed by atoms with Crippen molar-refractivity contribution in [2.75, 3.05) is 19.5 Å². The van der Waals surface area contributed by atoms with Gasteiger partial charge in [-0.05, 0) is 18.2 Å². The zero-order chi connectivity index (χ0) is 10.3. The van der Waals surface area contributed by atoms with E-state index in [1.165, 1.54) is 0 Å². The van der Waals surface area contributed by atoms with Crippen LogP contribution in [0.25, 0.3) is 0 Å². The molecule has 1 rings (SSSR count). The summed E-state index contributed by atoms with van der Waals surface area (Å²) in [7, 11) is 3.44. The lowest BCUT2D eigenvalue weighted by molar-refractivity contribution is 0.415. The number of ether oxygens (including phenoxy) is 1. The van der Waals surface area contributed by atoms with Gasteiger partial charge >= 0.3 is 0 Å². The van der Waals surface area contributed by atoms with Gasteiger partial charge in [0.05, 0.1) is 12.1 Å². The average molecular weight is 202 g/mol. The van der Waals surface area contributed by atoms with Gasteiger partial charge in [-0.15, -0.1) is 0 Å². The Labute approximate surface area is 84.9 Å². The summed E-state index contributed by atoms with van der Waals surface area (Å²) in [6.45, 7) is 4.00. The van der Waals surface area contributed by atoms with E-state index in [0.717, 1.165) is 5.69 Å². The number of nitrogens with one attached hydrogen (secondary N) is 1. The van der Waals surface area contributed by atoms with Crippen LogP contribution in [0, 0.1) is 0 Å². The van der Waals surface area contributed by atoms with E-state index >= 15 is 0 Å². The minimum absolute atomic E-state index is 0.624. The van der Waals surface area contributed by atoms with Gasteiger partial charge in [0.25, 0.3) is 0 Å². The van der Waals surface area contributed by atoms with Crippen LogP contribution in [-0.2, 0) is 0 Å². The SMILES string of the molecule is CC.CNc1ccc(OC)c(Cl)c1. The minimum atomic E-state index is 0.624. The summed E-state index contributed by atoms with van der Waals surface area (Å²) in [4.78, 5) is 0. The van der Waals surface area contributed by atoms with E-state index in [9.17, 15) is 0 Å². The Morgan fingerprint density at radius 2 is 1.92 bits per heavy atom. The standard InChI is InChI=1S/C8H10ClNO.C2H6/c1-10-6-3-4-8(11-2)7(9)5-6;1-2/h3-5,10H,1-2H3;1-2H3. The van der Waals surface area contributed by atoms with Gasteiger partial charge < -0.3 is 10.1 Å². The Morgan fingerprint density at radius 3 is 2.31 bits per heavy atom. The lowest BCUT2D eigenvalue weighted by Crippen LogP contribution is -1.89. The number of benzene rings is 1. The van der Waals surface area contributed by atoms with Gasteiger partial charge in [-0.1, -0.05) is 25.4 Å². The highest BCUT2D eigenvalue weighted by Crippen LogP contribution is 2.26. The molecule has 0 saturated heterocycles. The van der Waals surface area contributed by atoms with Crippen LogP contribution in [-0.4, -0.2) is 14.2 Å². The first kappa shape index (κ1) is 12.1. The number of methoxy groups -OCH3 is 1. The molecule has 13 heavy (non-hydrogen) atoms. The zero-order valence-electron chi connectivity index (χ0n) is 8.52. The molecule has 0 fully saturated rings. The summed E-state index contributed by atoms with van der Waals surface area (Å²) in [5.74, 6) is 0.700. The molecule has 0 spiro atoms. The van der Waals surface area contributed by atoms with E-state index < -0.39 is 0 Å². The topological polar surface area (TPSA) is 21.3 Å². The highest BCUT2D eigenvalue weighted by molar-refractivity contribution is 6.32. The summed E-state index contributed by atoms with van der Waals surface area (Å²) >= 11 is 5.84. The maximum Gasteiger partial charge on any atom is 0.137 e. The lowest BCUT2D eigenvalue weighted by Gasteiger charge is -2.04. The van der Waals surface area contributed by atoms with Gasteiger partial charge in [-0.2, -0.15) is 0 Å². The fourth-order valence-corrected chi connectivity index (χ4v) is 1.08. The van der Waals surface area contributed by atoms with Crippen LogP contribution < -0.4 is 10.1 Å². The van der Waals surface area contributed by atoms with Crippen molar-refractivity contribution in [3.05, 3.63) is 23.2 Å². The highest BCUT2D eigenvalue weighted by Gasteiger charge is 1.98. The average Bonchev–Trinajstić information content (AvgIpc) is 2.20. The molecule has 3 heteroatoms. The second-order valence-electron chi connectivity index (χ2n) is 2.10. The fourth-order valence-electron chi connectivity index (χ4n) is 0.822. The molecule has 0 bridgehead atoms. The summed E-state index contributed by atoms with van der Waals surface area (Å²) in [6, 6.07) is 5.55. The molecule has 0 aliphatic carbocycles. The second-order valence-corrected chi connectivity index (χ2v) is 2.51. The molecule has 1 aromatic rings. The first-order valence-corrected chi connectivity index (χ1v) is 4.67. The summed E-state index contributed by atoms with van der Waals surface area (Å²) in [6.07, 6.45) is 0. The summed E-state index contributed by atoms with van der Waals surface area (Å²) in [5.41, 5.74) is 0.982. The molecule has 0 aliphatic heterocycles. The largest absolute Gasteiger partial charge is 0.495 e. The Morgan fingerprint density at radius 1 is 1.31 bits per heavy atom. The molecule has 0 aliphatic rings. The first-order valence-electron chi connectivity index (χ1n) is 4.29. The van der Waals surface area contributed by atoms with Crippen molar-refractivity contribution < 1.29 is 4.74 Å². The van der Waals surface area contributed by atoms with Gasteiger partial charge in [0.15, 0.2) is 0 Å². The van der Waals surface area contributed by atoms with E-state index in [2.05, 4.69) is 5.32 Å². The third-order valence-corrected chi connectivity index (χ3v) is 1.74. The number of hydrogen-bond donors (Lipinski definition) is 1. The third-order valence-electron chi connectivity index (χ3n) is 1.44. The smallest absolute Gasteiger partial charge is 0.137 e. The highest BCUT2D eigenvalue weighted by atomic mass is 35.5. The van der Waals surface area contributed by atoms with Crippen molar-refractivity contribution in [2.24, 2.45) is 0 Å². The van der Waals surface area contributed by atoms with Crippen molar-refractivity contribution in [1.29, 1.82) is 0 Å². The quantitative estimate of drug-likeness (QED) is 0.792. The van der Waals surface area contributed by atoms with E-state index in [1.807, 2.05) is 39.1 Å². The normalized spacial score (nSPS) is 8.38. The van der Waals surface area contributed by atoms with Crippen molar-refractivity contribution in [1.82, 2.24) is 0 Å². The van der Waals surface area contributed by atoms with Crippen LogP contribution in [0.5, 0.6) is 5.75 Å². The monoisotopic (exact) mass is 201 g/mol. The van der Waals surface area contributed by atoms with Crippen molar-refractivity contribution >= 4 is 17.3 Å². The Balaban J connectivity index is 0.000000671. The predicted molar refractivity (Wildman–Crippen MR) is 58.9 cm³/mol. The van der Waals surface area contributed by atoms with Gasteiger partial charge in [-0.3, -0.25) is 0 Å². The molecular formula is C10H16ClNO. The zero-order valence-corrected chi connectivity index (χ0v) is 9.27. The van der Waals surface area contributed by atoms with Crippen LogP contribution in [0.3, 0.4) is 0 Å². The Kier molecular flexibility index (Phi) is 6.15. The fraction of sp³-hybridized carbons (Fsp3) is 0.400. The second kappa shape index (κ2) is 6.61. The molecule has 2 nitrogen and oxygen atoms in total. The molecule has 0 unspecified atom stereocenters. The Hall–Kier alpha value is -0.890. The number of anilines is 1. The van der Waals surface area contributed by atoms with Crippen molar-refractivity contribution in [2.45, 2.75) is 13.8 Å². The molecule has 0 radical (unpaired) electrons. The van der Waals surface area contributed by atoms with Gasteiger partial charge in [0.2, 0.25) is 0 Å². The lowest BCUT2D eigenvalue weighted by atomic mass is 10.3. The van der Waals surface area contributed by atoms with Crippen molar-refractivity contribution in [3.63, 3.8) is 0 Å². The van der Waals surface area contributed by atoms with Gasteiger partial charge in [0, 0.05) is 12.7 Å². The Bertz CT molecular complexity index is 251. The van der Waals surface area contributed by atoms with E-state index in [4.69, 9.17) is 16.3 Å². The predicted octanol–water partition coefficient (Wildman–Crippen LogP) is 3.42. The maximum atomic E-state index is 5.84. The van der Waals surface area contributed by atoms with Gasteiger partial charge in [-0.25, -0.2) is 0 Å². The number of hydrogen-bond acceptors (Lipinski definition) is 2. The molecule has 0 saturated carbocycles. The van der Waals surface area contributed by atoms with Crippen LogP contribution in [0.2, 0.25) is 5.02 Å². The molecule has 1 aromatic carbocycles. The summed E-state index contributed by atoms with van der Waals surface area (Å²) < 4.78 is 4.98. The molecule has 1 N–H and O–H groups in total. The number of rotatable bonds is 2. The maximum absolute atomic E-state index is 5.84. The van der Waals surface area contributed by atoms with Gasteiger partial charge in [0.1, 0.15) is 5.75 Å². The third kappa shape index (κ3) is 3.55. The minimum Gasteiger partial charge on any atom is -0.495 e.